The van der Waals surface area contributed by atoms with Gasteiger partial charge in [-0.15, -0.1) is 11.3 Å². The maximum absolute atomic E-state index is 12.1. The number of carbonyl (C=O) groups is 1. The number of thiophene rings is 1. The first-order chi connectivity index (χ1) is 14.1. The molecule has 0 atom stereocenters. The number of anilines is 1. The average molecular weight is 414 g/mol. The van der Waals surface area contributed by atoms with Crippen molar-refractivity contribution in [1.29, 1.82) is 0 Å². The van der Waals surface area contributed by atoms with Gasteiger partial charge in [0.1, 0.15) is 0 Å². The van der Waals surface area contributed by atoms with E-state index in [9.17, 15) is 4.79 Å². The molecule has 0 bridgehead atoms. The second-order valence-electron chi connectivity index (χ2n) is 6.05. The second-order valence-corrected chi connectivity index (χ2v) is 7.00. The molecule has 0 radical (unpaired) electrons. The minimum atomic E-state index is -0.314. The quantitative estimate of drug-likeness (QED) is 0.428. The molecule has 0 fully saturated rings. The summed E-state index contributed by atoms with van der Waals surface area (Å²) < 4.78 is 12.5. The van der Waals surface area contributed by atoms with Gasteiger partial charge in [0.2, 0.25) is 0 Å². The molecule has 0 saturated heterocycles. The lowest BCUT2D eigenvalue weighted by molar-refractivity contribution is -0.120. The molecule has 0 spiro atoms. The van der Waals surface area contributed by atoms with Gasteiger partial charge in [0.05, 0.1) is 43.2 Å². The van der Waals surface area contributed by atoms with Gasteiger partial charge in [0.25, 0.3) is 5.91 Å². The van der Waals surface area contributed by atoms with Crippen molar-refractivity contribution in [2.45, 2.75) is 13.5 Å². The van der Waals surface area contributed by atoms with Crippen LogP contribution in [0.2, 0.25) is 0 Å². The number of para-hydroxylation sites is 1. The monoisotopic (exact) mass is 414 g/mol. The van der Waals surface area contributed by atoms with Crippen molar-refractivity contribution >= 4 is 28.6 Å². The van der Waals surface area contributed by atoms with E-state index < -0.39 is 0 Å². The minimum Gasteiger partial charge on any atom is -0.493 e. The summed E-state index contributed by atoms with van der Waals surface area (Å²) in [4.78, 5) is 18.2. The lowest BCUT2D eigenvalue weighted by atomic mass is 10.2. The first-order valence-corrected chi connectivity index (χ1v) is 9.71. The molecular weight excluding hydrogens is 392 g/mol. The van der Waals surface area contributed by atoms with E-state index >= 15 is 0 Å². The normalized spacial score (nSPS) is 11.2. The number of ether oxygens (including phenoxy) is 2. The van der Waals surface area contributed by atoms with E-state index in [0.29, 0.717) is 23.7 Å². The van der Waals surface area contributed by atoms with E-state index in [1.54, 1.807) is 42.6 Å². The summed E-state index contributed by atoms with van der Waals surface area (Å²) >= 11 is 1.56. The van der Waals surface area contributed by atoms with Crippen LogP contribution < -0.4 is 14.8 Å². The lowest BCUT2D eigenvalue weighted by Crippen LogP contribution is -2.17. The molecule has 152 valence electrons. The Labute approximate surface area is 172 Å². The van der Waals surface area contributed by atoms with Crippen LogP contribution in [0.15, 0.2) is 53.3 Å². The predicted octanol–water partition coefficient (Wildman–Crippen LogP) is 3.39. The molecule has 3 aromatic rings. The molecule has 1 aromatic carbocycles. The topological polar surface area (TPSA) is 87.0 Å². The number of nitrogens with one attached hydrogen (secondary N) is 1. The largest absolute Gasteiger partial charge is 0.493 e. The van der Waals surface area contributed by atoms with Crippen LogP contribution in [-0.2, 0) is 16.2 Å². The third kappa shape index (κ3) is 5.35. The standard InChI is InChI=1S/C20H22N4O4S/c1-14(18-8-5-9-29-18)23-28-13-19(25)22-16-10-21-24(12-16)11-15-6-4-7-17(26-2)20(15)27-3/h4-10,12H,11,13H2,1-3H3,(H,22,25)/b23-14-. The number of amides is 1. The van der Waals surface area contributed by atoms with Crippen LogP contribution in [0, 0.1) is 0 Å². The summed E-state index contributed by atoms with van der Waals surface area (Å²) in [5.74, 6) is 0.996. The number of hydrogen-bond acceptors (Lipinski definition) is 7. The van der Waals surface area contributed by atoms with Crippen LogP contribution in [0.3, 0.4) is 0 Å². The molecular formula is C20H22N4O4S. The van der Waals surface area contributed by atoms with Crippen LogP contribution in [-0.4, -0.2) is 42.2 Å². The van der Waals surface area contributed by atoms with Crippen LogP contribution >= 0.6 is 11.3 Å². The zero-order valence-electron chi connectivity index (χ0n) is 16.4. The Morgan fingerprint density at radius 2 is 2.10 bits per heavy atom. The summed E-state index contributed by atoms with van der Waals surface area (Å²) in [7, 11) is 3.19. The van der Waals surface area contributed by atoms with E-state index in [-0.39, 0.29) is 12.5 Å². The molecule has 2 heterocycles. The number of nitrogens with zero attached hydrogens (tertiary/aromatic N) is 3. The molecule has 0 aliphatic rings. The zero-order valence-corrected chi connectivity index (χ0v) is 17.2. The molecule has 8 nitrogen and oxygen atoms in total. The van der Waals surface area contributed by atoms with Gasteiger partial charge in [-0.05, 0) is 24.4 Å². The fourth-order valence-corrected chi connectivity index (χ4v) is 3.35. The number of benzene rings is 1. The Hall–Kier alpha value is -3.33. The van der Waals surface area contributed by atoms with E-state index in [0.717, 1.165) is 16.2 Å². The van der Waals surface area contributed by atoms with Gasteiger partial charge in [-0.1, -0.05) is 23.4 Å². The predicted molar refractivity (Wildman–Crippen MR) is 112 cm³/mol. The third-order valence-electron chi connectivity index (χ3n) is 4.01. The third-order valence-corrected chi connectivity index (χ3v) is 4.99. The summed E-state index contributed by atoms with van der Waals surface area (Å²) in [6.45, 7) is 2.12. The molecule has 9 heteroatoms. The Balaban J connectivity index is 1.55. The smallest absolute Gasteiger partial charge is 0.265 e. The highest BCUT2D eigenvalue weighted by molar-refractivity contribution is 7.12. The second kappa shape index (κ2) is 9.74. The SMILES string of the molecule is COc1cccc(Cn2cc(NC(=O)CO/N=C(/C)c3cccs3)cn2)c1OC. The highest BCUT2D eigenvalue weighted by Gasteiger charge is 2.11. The fraction of sp³-hybridized carbons (Fsp3) is 0.250. The molecule has 0 unspecified atom stereocenters. The number of rotatable bonds is 9. The molecule has 1 amide bonds. The van der Waals surface area contributed by atoms with Crippen molar-refractivity contribution in [3.63, 3.8) is 0 Å². The first kappa shape index (κ1) is 20.4. The van der Waals surface area contributed by atoms with Crippen molar-refractivity contribution in [2.24, 2.45) is 5.16 Å². The Kier molecular flexibility index (Phi) is 6.85. The Morgan fingerprint density at radius 3 is 2.83 bits per heavy atom. The van der Waals surface area contributed by atoms with Gasteiger partial charge in [-0.25, -0.2) is 0 Å². The molecule has 2 aromatic heterocycles. The highest BCUT2D eigenvalue weighted by atomic mass is 32.1. The van der Waals surface area contributed by atoms with E-state index in [1.165, 1.54) is 0 Å². The van der Waals surface area contributed by atoms with Crippen molar-refractivity contribution in [1.82, 2.24) is 9.78 Å². The summed E-state index contributed by atoms with van der Waals surface area (Å²) in [5.41, 5.74) is 2.21. The van der Waals surface area contributed by atoms with Crippen LogP contribution in [0.4, 0.5) is 5.69 Å². The maximum atomic E-state index is 12.1. The van der Waals surface area contributed by atoms with Gasteiger partial charge < -0.3 is 19.6 Å². The first-order valence-electron chi connectivity index (χ1n) is 8.83. The van der Waals surface area contributed by atoms with Gasteiger partial charge >= 0.3 is 0 Å². The number of aromatic nitrogens is 2. The molecule has 3 rings (SSSR count). The molecule has 0 aliphatic heterocycles. The molecule has 0 aliphatic carbocycles. The van der Waals surface area contributed by atoms with E-state index in [1.807, 2.05) is 42.6 Å². The van der Waals surface area contributed by atoms with Crippen molar-refractivity contribution in [3.05, 3.63) is 58.5 Å². The lowest BCUT2D eigenvalue weighted by Gasteiger charge is -2.12. The summed E-state index contributed by atoms with van der Waals surface area (Å²) in [6.07, 6.45) is 3.31. The fourth-order valence-electron chi connectivity index (χ4n) is 2.68. The molecule has 0 saturated carbocycles. The number of methoxy groups -OCH3 is 2. The molecule has 1 N–H and O–H groups in total. The number of oxime groups is 1. The highest BCUT2D eigenvalue weighted by Crippen LogP contribution is 2.31. The Morgan fingerprint density at radius 1 is 1.24 bits per heavy atom. The van der Waals surface area contributed by atoms with Gasteiger partial charge in [-0.2, -0.15) is 5.10 Å². The van der Waals surface area contributed by atoms with Crippen molar-refractivity contribution in [2.75, 3.05) is 26.1 Å². The molecule has 29 heavy (non-hydrogen) atoms. The van der Waals surface area contributed by atoms with Crippen LogP contribution in [0.25, 0.3) is 0 Å². The van der Waals surface area contributed by atoms with Crippen molar-refractivity contribution in [3.8, 4) is 11.5 Å². The van der Waals surface area contributed by atoms with Gasteiger partial charge in [-0.3, -0.25) is 9.48 Å². The van der Waals surface area contributed by atoms with Crippen LogP contribution in [0.1, 0.15) is 17.4 Å². The van der Waals surface area contributed by atoms with Crippen molar-refractivity contribution < 1.29 is 19.1 Å². The number of hydrogen-bond donors (Lipinski definition) is 1. The average Bonchev–Trinajstić information content (AvgIpc) is 3.40. The zero-order chi connectivity index (χ0) is 20.6. The van der Waals surface area contributed by atoms with Gasteiger partial charge in [0.15, 0.2) is 18.1 Å². The minimum absolute atomic E-state index is 0.183. The Bertz CT molecular complexity index is 982. The summed E-state index contributed by atoms with van der Waals surface area (Å²) in [6, 6.07) is 9.53. The van der Waals surface area contributed by atoms with E-state index in [4.69, 9.17) is 14.3 Å². The number of carbonyl (C=O) groups excluding carboxylic acids is 1. The van der Waals surface area contributed by atoms with Crippen LogP contribution in [0.5, 0.6) is 11.5 Å². The summed E-state index contributed by atoms with van der Waals surface area (Å²) in [5, 5.41) is 12.9. The van der Waals surface area contributed by atoms with E-state index in [2.05, 4.69) is 15.6 Å². The maximum Gasteiger partial charge on any atom is 0.265 e. The van der Waals surface area contributed by atoms with Gasteiger partial charge in [0, 0.05) is 11.8 Å².